The molecule has 0 aliphatic carbocycles. The average Bonchev–Trinajstić information content (AvgIpc) is 2.14. The van der Waals surface area contributed by atoms with Gasteiger partial charge in [0.1, 0.15) is 3.70 Å². The van der Waals surface area contributed by atoms with Gasteiger partial charge in [-0.25, -0.2) is 13.8 Å². The van der Waals surface area contributed by atoms with E-state index in [0.29, 0.717) is 5.56 Å². The van der Waals surface area contributed by atoms with Crippen molar-refractivity contribution in [2.75, 3.05) is 0 Å². The summed E-state index contributed by atoms with van der Waals surface area (Å²) in [5, 5.41) is 0.213. The summed E-state index contributed by atoms with van der Waals surface area (Å²) in [5.74, 6) is -1.11. The van der Waals surface area contributed by atoms with Gasteiger partial charge in [0.15, 0.2) is 0 Å². The number of ether oxygens (including phenoxy) is 1. The Morgan fingerprint density at radius 2 is 2.00 bits per heavy atom. The normalized spacial score (nSPS) is 12.0. The van der Waals surface area contributed by atoms with E-state index in [4.69, 9.17) is 0 Å². The van der Waals surface area contributed by atoms with Crippen LogP contribution in [0.3, 0.4) is 0 Å². The summed E-state index contributed by atoms with van der Waals surface area (Å²) in [4.78, 5) is 3.38. The van der Waals surface area contributed by atoms with Gasteiger partial charge < -0.3 is 4.74 Å². The topological polar surface area (TPSA) is 22.1 Å². The first-order valence-electron chi connectivity index (χ1n) is 4.03. The van der Waals surface area contributed by atoms with Crippen LogP contribution in [0.25, 0.3) is 0 Å². The van der Waals surface area contributed by atoms with Crippen molar-refractivity contribution in [2.24, 2.45) is 0 Å². The quantitative estimate of drug-likeness (QED) is 0.306. The van der Waals surface area contributed by atoms with Gasteiger partial charge >= 0.3 is 6.36 Å². The zero-order valence-electron chi connectivity index (χ0n) is 7.86. The van der Waals surface area contributed by atoms with E-state index >= 15 is 0 Å². The highest BCUT2D eigenvalue weighted by Crippen LogP contribution is 2.33. The van der Waals surface area contributed by atoms with Crippen molar-refractivity contribution >= 4 is 38.5 Å². The van der Waals surface area contributed by atoms with Gasteiger partial charge in [-0.15, -0.1) is 13.2 Å². The Balaban J connectivity index is 3.23. The van der Waals surface area contributed by atoms with Crippen molar-refractivity contribution in [1.29, 1.82) is 0 Å². The van der Waals surface area contributed by atoms with Gasteiger partial charge in [-0.05, 0) is 34.2 Å². The number of alkyl halides is 6. The SMILES string of the molecule is FC(F)c1cc(CBr)c(I)nc1OC(F)(F)F. The van der Waals surface area contributed by atoms with Crippen molar-refractivity contribution in [3.05, 3.63) is 20.9 Å². The van der Waals surface area contributed by atoms with Gasteiger partial charge in [0.05, 0.1) is 5.56 Å². The summed E-state index contributed by atoms with van der Waals surface area (Å²) in [6, 6.07) is 0.940. The van der Waals surface area contributed by atoms with Crippen LogP contribution in [0.4, 0.5) is 22.0 Å². The molecule has 1 heterocycles. The van der Waals surface area contributed by atoms with E-state index in [-0.39, 0.29) is 9.03 Å². The predicted octanol–water partition coefficient (Wildman–Crippen LogP) is 4.42. The molecule has 0 bridgehead atoms. The summed E-state index contributed by atoms with van der Waals surface area (Å²) in [6.07, 6.45) is -8.13. The molecule has 0 spiro atoms. The summed E-state index contributed by atoms with van der Waals surface area (Å²) in [7, 11) is 0. The number of nitrogens with zero attached hydrogens (tertiary/aromatic N) is 1. The Morgan fingerprint density at radius 1 is 1.41 bits per heavy atom. The van der Waals surface area contributed by atoms with Crippen LogP contribution in [-0.4, -0.2) is 11.3 Å². The number of halogens is 7. The first kappa shape index (κ1) is 14.9. The number of hydrogen-bond acceptors (Lipinski definition) is 2. The largest absolute Gasteiger partial charge is 0.574 e. The second-order valence-electron chi connectivity index (χ2n) is 2.81. The van der Waals surface area contributed by atoms with E-state index in [1.54, 1.807) is 22.6 Å². The van der Waals surface area contributed by atoms with Crippen molar-refractivity contribution in [1.82, 2.24) is 4.98 Å². The molecular formula is C8H4BrF5INO. The Labute approximate surface area is 115 Å². The lowest BCUT2D eigenvalue weighted by molar-refractivity contribution is -0.276. The molecule has 0 unspecified atom stereocenters. The molecule has 96 valence electrons. The molecule has 0 fully saturated rings. The van der Waals surface area contributed by atoms with Crippen molar-refractivity contribution in [2.45, 2.75) is 18.1 Å². The fourth-order valence-corrected chi connectivity index (χ4v) is 2.49. The van der Waals surface area contributed by atoms with E-state index in [2.05, 4.69) is 25.7 Å². The van der Waals surface area contributed by atoms with Gasteiger partial charge in [0.25, 0.3) is 6.43 Å². The molecule has 0 aliphatic heterocycles. The molecule has 0 amide bonds. The molecule has 0 N–H and O–H groups in total. The van der Waals surface area contributed by atoms with Gasteiger partial charge in [-0.1, -0.05) is 15.9 Å². The zero-order chi connectivity index (χ0) is 13.2. The second kappa shape index (κ2) is 5.63. The minimum Gasteiger partial charge on any atom is -0.387 e. The Hall–Kier alpha value is -0.190. The van der Waals surface area contributed by atoms with Crippen LogP contribution < -0.4 is 4.74 Å². The predicted molar refractivity (Wildman–Crippen MR) is 61.2 cm³/mol. The fraction of sp³-hybridized carbons (Fsp3) is 0.375. The third-order valence-corrected chi connectivity index (χ3v) is 3.17. The maximum Gasteiger partial charge on any atom is 0.574 e. The lowest BCUT2D eigenvalue weighted by Crippen LogP contribution is -2.19. The van der Waals surface area contributed by atoms with Crippen LogP contribution in [-0.2, 0) is 5.33 Å². The first-order chi connectivity index (χ1) is 7.74. The number of rotatable bonds is 3. The number of hydrogen-bond donors (Lipinski definition) is 0. The second-order valence-corrected chi connectivity index (χ2v) is 4.40. The van der Waals surface area contributed by atoms with E-state index in [1.807, 2.05) is 0 Å². The van der Waals surface area contributed by atoms with E-state index in [9.17, 15) is 22.0 Å². The third-order valence-electron chi connectivity index (χ3n) is 1.63. The number of aromatic nitrogens is 1. The molecule has 0 saturated carbocycles. The first-order valence-corrected chi connectivity index (χ1v) is 6.23. The maximum absolute atomic E-state index is 12.5. The molecule has 17 heavy (non-hydrogen) atoms. The van der Waals surface area contributed by atoms with Crippen LogP contribution in [0.5, 0.6) is 5.88 Å². The Morgan fingerprint density at radius 3 is 2.41 bits per heavy atom. The Bertz CT molecular complexity index is 412. The summed E-state index contributed by atoms with van der Waals surface area (Å²) < 4.78 is 64.7. The zero-order valence-corrected chi connectivity index (χ0v) is 11.6. The van der Waals surface area contributed by atoms with Gasteiger partial charge in [0.2, 0.25) is 5.88 Å². The highest BCUT2D eigenvalue weighted by molar-refractivity contribution is 14.1. The Kier molecular flexibility index (Phi) is 4.93. The minimum absolute atomic E-state index is 0.170. The minimum atomic E-state index is -5.05. The monoisotopic (exact) mass is 431 g/mol. The molecular weight excluding hydrogens is 428 g/mol. The van der Waals surface area contributed by atoms with Crippen LogP contribution >= 0.6 is 38.5 Å². The van der Waals surface area contributed by atoms with E-state index in [1.165, 1.54) is 0 Å². The maximum atomic E-state index is 12.5. The average molecular weight is 432 g/mol. The fourth-order valence-electron chi connectivity index (χ4n) is 0.976. The standard InChI is InChI=1S/C8H4BrF5INO/c9-2-3-1-4(5(10)11)7(16-6(3)15)17-8(12,13)14/h1,5H,2H2. The lowest BCUT2D eigenvalue weighted by Gasteiger charge is -2.13. The summed E-state index contributed by atoms with van der Waals surface area (Å²) >= 11 is 4.67. The molecule has 0 atom stereocenters. The summed E-state index contributed by atoms with van der Waals surface area (Å²) in [6.45, 7) is 0. The molecule has 0 radical (unpaired) electrons. The molecule has 1 aromatic heterocycles. The van der Waals surface area contributed by atoms with Crippen LogP contribution in [0.2, 0.25) is 0 Å². The lowest BCUT2D eigenvalue weighted by atomic mass is 10.2. The van der Waals surface area contributed by atoms with Crippen LogP contribution in [0.15, 0.2) is 6.07 Å². The highest BCUT2D eigenvalue weighted by Gasteiger charge is 2.34. The molecule has 0 saturated heterocycles. The van der Waals surface area contributed by atoms with Gasteiger partial charge in [-0.2, -0.15) is 0 Å². The third kappa shape index (κ3) is 4.19. The van der Waals surface area contributed by atoms with Gasteiger partial charge in [-0.3, -0.25) is 0 Å². The highest BCUT2D eigenvalue weighted by atomic mass is 127. The molecule has 0 aliphatic rings. The van der Waals surface area contributed by atoms with Crippen molar-refractivity contribution in [3.8, 4) is 5.88 Å². The van der Waals surface area contributed by atoms with Crippen molar-refractivity contribution < 1.29 is 26.7 Å². The van der Waals surface area contributed by atoms with Gasteiger partial charge in [0, 0.05) is 5.33 Å². The summed E-state index contributed by atoms with van der Waals surface area (Å²) in [5.41, 5.74) is -0.507. The molecule has 1 aromatic rings. The number of pyridine rings is 1. The van der Waals surface area contributed by atoms with Crippen LogP contribution in [0.1, 0.15) is 17.6 Å². The molecule has 1 rings (SSSR count). The van der Waals surface area contributed by atoms with E-state index < -0.39 is 24.2 Å². The smallest absolute Gasteiger partial charge is 0.387 e. The molecule has 9 heteroatoms. The molecule has 0 aromatic carbocycles. The molecule has 2 nitrogen and oxygen atoms in total. The van der Waals surface area contributed by atoms with Crippen LogP contribution in [0, 0.1) is 3.70 Å². The van der Waals surface area contributed by atoms with E-state index in [0.717, 1.165) is 6.07 Å². The van der Waals surface area contributed by atoms with Crippen molar-refractivity contribution in [3.63, 3.8) is 0 Å².